The van der Waals surface area contributed by atoms with Crippen molar-refractivity contribution in [2.45, 2.75) is 25.9 Å². The van der Waals surface area contributed by atoms with Crippen molar-refractivity contribution < 1.29 is 9.53 Å². The van der Waals surface area contributed by atoms with E-state index in [0.29, 0.717) is 0 Å². The summed E-state index contributed by atoms with van der Waals surface area (Å²) in [4.78, 5) is 11.7. The van der Waals surface area contributed by atoms with E-state index in [1.54, 1.807) is 6.92 Å². The molecule has 3 nitrogen and oxygen atoms in total. The quantitative estimate of drug-likeness (QED) is 0.767. The summed E-state index contributed by atoms with van der Waals surface area (Å²) in [6, 6.07) is 7.79. The van der Waals surface area contributed by atoms with Gasteiger partial charge in [-0.3, -0.25) is 4.79 Å². The number of carbonyl (C=O) groups excluding carboxylic acids is 1. The number of hydrogen-bond donors (Lipinski definition) is 1. The van der Waals surface area contributed by atoms with Gasteiger partial charge < -0.3 is 10.1 Å². The number of allylic oxidation sites excluding steroid dienone is 1. The van der Waals surface area contributed by atoms with Crippen molar-refractivity contribution in [1.82, 2.24) is 0 Å². The van der Waals surface area contributed by atoms with Crippen LogP contribution in [0.3, 0.4) is 0 Å². The largest absolute Gasteiger partial charge is 0.372 e. The Morgan fingerprint density at radius 1 is 1.53 bits per heavy atom. The molecule has 0 radical (unpaired) electrons. The summed E-state index contributed by atoms with van der Waals surface area (Å²) < 4.78 is 4.98. The predicted octanol–water partition coefficient (Wildman–Crippen LogP) is 2.78. The number of methoxy groups -OCH3 is 1. The zero-order chi connectivity index (χ0) is 12.7. The summed E-state index contributed by atoms with van der Waals surface area (Å²) in [5.74, 6) is -0.126. The highest BCUT2D eigenvalue weighted by atomic mass is 16.5. The standard InChI is InChI=1S/C14H19NO2/c1-4-5-8-12-9-6-7-10-13(12)15-14(16)11(2)17-3/h4,6-7,9-11H,1,5,8H2,2-3H3,(H,15,16)/t11-/m0/s1. The van der Waals surface area contributed by atoms with Crippen LogP contribution in [-0.2, 0) is 16.0 Å². The van der Waals surface area contributed by atoms with E-state index in [-0.39, 0.29) is 5.91 Å². The Hall–Kier alpha value is -1.61. The summed E-state index contributed by atoms with van der Waals surface area (Å²) >= 11 is 0. The molecule has 1 aromatic rings. The molecule has 0 aliphatic carbocycles. The molecular formula is C14H19NO2. The molecule has 0 heterocycles. The van der Waals surface area contributed by atoms with Gasteiger partial charge in [-0.1, -0.05) is 24.3 Å². The second-order valence-corrected chi connectivity index (χ2v) is 3.85. The molecule has 0 unspecified atom stereocenters. The summed E-state index contributed by atoms with van der Waals surface area (Å²) in [7, 11) is 1.52. The smallest absolute Gasteiger partial charge is 0.253 e. The van der Waals surface area contributed by atoms with Crippen molar-refractivity contribution in [3.8, 4) is 0 Å². The monoisotopic (exact) mass is 233 g/mol. The molecule has 1 atom stereocenters. The predicted molar refractivity (Wildman–Crippen MR) is 70.1 cm³/mol. The molecular weight excluding hydrogens is 214 g/mol. The molecule has 92 valence electrons. The highest BCUT2D eigenvalue weighted by Crippen LogP contribution is 2.17. The van der Waals surface area contributed by atoms with Crippen LogP contribution < -0.4 is 5.32 Å². The number of carbonyl (C=O) groups is 1. The number of ether oxygens (including phenoxy) is 1. The molecule has 3 heteroatoms. The van der Waals surface area contributed by atoms with E-state index in [9.17, 15) is 4.79 Å². The van der Waals surface area contributed by atoms with Crippen LogP contribution >= 0.6 is 0 Å². The second-order valence-electron chi connectivity index (χ2n) is 3.85. The van der Waals surface area contributed by atoms with Crippen LogP contribution in [-0.4, -0.2) is 19.1 Å². The maximum atomic E-state index is 11.7. The first kappa shape index (κ1) is 13.5. The number of rotatable bonds is 6. The van der Waals surface area contributed by atoms with Crippen LogP contribution in [0.2, 0.25) is 0 Å². The molecule has 0 saturated heterocycles. The Morgan fingerprint density at radius 3 is 2.88 bits per heavy atom. The molecule has 0 aliphatic rings. The number of anilines is 1. The number of benzene rings is 1. The fourth-order valence-electron chi connectivity index (χ4n) is 1.46. The van der Waals surface area contributed by atoms with Gasteiger partial charge in [0.05, 0.1) is 0 Å². The topological polar surface area (TPSA) is 38.3 Å². The van der Waals surface area contributed by atoms with Crippen molar-refractivity contribution >= 4 is 11.6 Å². The van der Waals surface area contributed by atoms with E-state index >= 15 is 0 Å². The van der Waals surface area contributed by atoms with Crippen LogP contribution in [0.15, 0.2) is 36.9 Å². The van der Waals surface area contributed by atoms with Crippen LogP contribution in [0.4, 0.5) is 5.69 Å². The van der Waals surface area contributed by atoms with Crippen LogP contribution in [0.1, 0.15) is 18.9 Å². The maximum absolute atomic E-state index is 11.7. The van der Waals surface area contributed by atoms with Crippen molar-refractivity contribution in [1.29, 1.82) is 0 Å². The molecule has 0 aromatic heterocycles. The summed E-state index contributed by atoms with van der Waals surface area (Å²) in [6.45, 7) is 5.42. The molecule has 0 spiro atoms. The third kappa shape index (κ3) is 4.04. The van der Waals surface area contributed by atoms with E-state index < -0.39 is 6.10 Å². The average Bonchev–Trinajstić information content (AvgIpc) is 2.36. The number of para-hydroxylation sites is 1. The van der Waals surface area contributed by atoms with Gasteiger partial charge in [0.15, 0.2) is 0 Å². The zero-order valence-electron chi connectivity index (χ0n) is 10.4. The fourth-order valence-corrected chi connectivity index (χ4v) is 1.46. The lowest BCUT2D eigenvalue weighted by atomic mass is 10.1. The Bertz CT molecular complexity index is 388. The molecule has 1 rings (SSSR count). The Morgan fingerprint density at radius 2 is 2.24 bits per heavy atom. The van der Waals surface area contributed by atoms with E-state index in [2.05, 4.69) is 11.9 Å². The highest BCUT2D eigenvalue weighted by molar-refractivity contribution is 5.94. The molecule has 1 N–H and O–H groups in total. The van der Waals surface area contributed by atoms with E-state index in [4.69, 9.17) is 4.74 Å². The van der Waals surface area contributed by atoms with Crippen molar-refractivity contribution in [3.63, 3.8) is 0 Å². The van der Waals surface area contributed by atoms with Gasteiger partial charge in [0, 0.05) is 12.8 Å². The number of aryl methyl sites for hydroxylation is 1. The van der Waals surface area contributed by atoms with Crippen LogP contribution in [0.5, 0.6) is 0 Å². The maximum Gasteiger partial charge on any atom is 0.253 e. The van der Waals surface area contributed by atoms with Gasteiger partial charge in [-0.05, 0) is 31.4 Å². The van der Waals surface area contributed by atoms with Crippen molar-refractivity contribution in [2.75, 3.05) is 12.4 Å². The van der Waals surface area contributed by atoms with E-state index in [0.717, 1.165) is 24.1 Å². The van der Waals surface area contributed by atoms with E-state index in [1.807, 2.05) is 30.3 Å². The minimum Gasteiger partial charge on any atom is -0.372 e. The zero-order valence-corrected chi connectivity index (χ0v) is 10.4. The van der Waals surface area contributed by atoms with Gasteiger partial charge >= 0.3 is 0 Å². The molecule has 0 aliphatic heterocycles. The van der Waals surface area contributed by atoms with Gasteiger partial charge in [0.25, 0.3) is 5.91 Å². The first-order chi connectivity index (χ1) is 8.19. The van der Waals surface area contributed by atoms with Gasteiger partial charge in [0.2, 0.25) is 0 Å². The lowest BCUT2D eigenvalue weighted by Crippen LogP contribution is -2.27. The molecule has 0 saturated carbocycles. The minimum absolute atomic E-state index is 0.126. The molecule has 17 heavy (non-hydrogen) atoms. The SMILES string of the molecule is C=CCCc1ccccc1NC(=O)[C@H](C)OC. The molecule has 1 aromatic carbocycles. The molecule has 0 fully saturated rings. The molecule has 1 amide bonds. The summed E-state index contributed by atoms with van der Waals surface area (Å²) in [6.07, 6.45) is 3.20. The third-order valence-corrected chi connectivity index (χ3v) is 2.62. The molecule has 0 bridgehead atoms. The summed E-state index contributed by atoms with van der Waals surface area (Å²) in [5, 5.41) is 2.87. The van der Waals surface area contributed by atoms with Crippen molar-refractivity contribution in [3.05, 3.63) is 42.5 Å². The second kappa shape index (κ2) is 6.86. The fraction of sp³-hybridized carbons (Fsp3) is 0.357. The Balaban J connectivity index is 2.75. The lowest BCUT2D eigenvalue weighted by Gasteiger charge is -2.13. The van der Waals surface area contributed by atoms with Crippen LogP contribution in [0, 0.1) is 0 Å². The lowest BCUT2D eigenvalue weighted by molar-refractivity contribution is -0.124. The van der Waals surface area contributed by atoms with Crippen LogP contribution in [0.25, 0.3) is 0 Å². The number of amides is 1. The Kier molecular flexibility index (Phi) is 5.43. The summed E-state index contributed by atoms with van der Waals surface area (Å²) in [5.41, 5.74) is 1.97. The third-order valence-electron chi connectivity index (χ3n) is 2.62. The van der Waals surface area contributed by atoms with Gasteiger partial charge in [0.1, 0.15) is 6.10 Å². The Labute approximate surface area is 102 Å². The average molecular weight is 233 g/mol. The van der Waals surface area contributed by atoms with E-state index in [1.165, 1.54) is 7.11 Å². The normalized spacial score (nSPS) is 11.9. The first-order valence-electron chi connectivity index (χ1n) is 5.71. The van der Waals surface area contributed by atoms with Crippen molar-refractivity contribution in [2.24, 2.45) is 0 Å². The number of hydrogen-bond acceptors (Lipinski definition) is 2. The van der Waals surface area contributed by atoms with Gasteiger partial charge in [-0.25, -0.2) is 0 Å². The van der Waals surface area contributed by atoms with Gasteiger partial charge in [-0.15, -0.1) is 6.58 Å². The number of nitrogens with one attached hydrogen (secondary N) is 1. The first-order valence-corrected chi connectivity index (χ1v) is 5.71. The highest BCUT2D eigenvalue weighted by Gasteiger charge is 2.12. The minimum atomic E-state index is -0.442. The van der Waals surface area contributed by atoms with Gasteiger partial charge in [-0.2, -0.15) is 0 Å².